The highest BCUT2D eigenvalue weighted by Gasteiger charge is 2.31. The third-order valence-electron chi connectivity index (χ3n) is 19.1. The topological polar surface area (TPSA) is 83.1 Å². The number of hydrogen-bond donors (Lipinski definition) is 2. The van der Waals surface area contributed by atoms with E-state index in [9.17, 15) is 0 Å². The van der Waals surface area contributed by atoms with E-state index in [2.05, 4.69) is 322 Å². The van der Waals surface area contributed by atoms with E-state index < -0.39 is 0 Å². The first kappa shape index (κ1) is 63.9. The average Bonchev–Trinajstić information content (AvgIpc) is 1.56. The lowest BCUT2D eigenvalue weighted by Gasteiger charge is -2.26. The summed E-state index contributed by atoms with van der Waals surface area (Å²) < 4.78 is 0. The number of fused-ring (bicyclic) bond motifs is 15. The van der Waals surface area contributed by atoms with Gasteiger partial charge in [0.05, 0.1) is 55.9 Å². The van der Waals surface area contributed by atoms with Crippen molar-refractivity contribution in [3.63, 3.8) is 0 Å². The van der Waals surface area contributed by atoms with Crippen LogP contribution in [0.3, 0.4) is 0 Å². The van der Waals surface area contributed by atoms with Gasteiger partial charge in [-0.15, -0.1) is 0 Å². The predicted molar refractivity (Wildman–Crippen MR) is 398 cm³/mol. The number of H-pyrrole nitrogens is 2. The van der Waals surface area contributed by atoms with E-state index >= 15 is 0 Å². The summed E-state index contributed by atoms with van der Waals surface area (Å²) in [5, 5.41) is 2.22. The molecule has 0 amide bonds. The number of aromatic nitrogens is 6. The van der Waals surface area contributed by atoms with E-state index in [0.29, 0.717) is 0 Å². The van der Waals surface area contributed by atoms with Crippen molar-refractivity contribution in [1.82, 2.24) is 29.9 Å². The molecule has 6 heterocycles. The first-order chi connectivity index (χ1) is 42.6. The van der Waals surface area contributed by atoms with Crippen molar-refractivity contribution in [3.8, 4) is 44.5 Å². The minimum Gasteiger partial charge on any atom is -0.353 e. The Morgan fingerprint density at radius 2 is 0.446 bits per heavy atom. The Morgan fingerprint density at radius 1 is 0.239 bits per heavy atom. The van der Waals surface area contributed by atoms with Gasteiger partial charge in [0, 0.05) is 33.0 Å². The Labute approximate surface area is 548 Å². The number of rotatable bonds is 4. The molecule has 12 rings (SSSR count). The van der Waals surface area contributed by atoms with Crippen LogP contribution in [-0.2, 0) is 43.3 Å². The molecule has 2 aliphatic rings. The average molecular weight is 1220 g/mol. The normalized spacial score (nSPS) is 13.8. The second kappa shape index (κ2) is 21.7. The molecule has 0 aliphatic carbocycles. The summed E-state index contributed by atoms with van der Waals surface area (Å²) in [6, 6.07) is 46.3. The fourth-order valence-corrected chi connectivity index (χ4v) is 13.0. The van der Waals surface area contributed by atoms with E-state index in [1.165, 1.54) is 44.5 Å². The molecular formula is C86H98N6. The van der Waals surface area contributed by atoms with Crippen molar-refractivity contribution < 1.29 is 0 Å². The molecule has 4 aromatic heterocycles. The number of benzene rings is 6. The van der Waals surface area contributed by atoms with Crippen molar-refractivity contribution in [2.45, 2.75) is 209 Å². The predicted octanol–water partition coefficient (Wildman–Crippen LogP) is 24.0. The molecule has 0 atom stereocenters. The van der Waals surface area contributed by atoms with Crippen LogP contribution in [-0.4, -0.2) is 29.9 Å². The molecule has 92 heavy (non-hydrogen) atoms. The van der Waals surface area contributed by atoms with Crippen LogP contribution >= 0.6 is 0 Å². The molecule has 2 N–H and O–H groups in total. The Balaban J connectivity index is 1.44. The number of hydrogen-bond acceptors (Lipinski definition) is 4. The van der Waals surface area contributed by atoms with Crippen LogP contribution in [0.4, 0.5) is 0 Å². The summed E-state index contributed by atoms with van der Waals surface area (Å²) in [6.07, 6.45) is 9.06. The van der Waals surface area contributed by atoms with E-state index in [1.807, 2.05) is 0 Å². The van der Waals surface area contributed by atoms with Crippen molar-refractivity contribution in [1.29, 1.82) is 0 Å². The van der Waals surface area contributed by atoms with Crippen LogP contribution in [0.5, 0.6) is 0 Å². The van der Waals surface area contributed by atoms with Gasteiger partial charge in [-0.3, -0.25) is 0 Å². The minimum absolute atomic E-state index is 0.160. The van der Waals surface area contributed by atoms with Crippen molar-refractivity contribution in [2.75, 3.05) is 0 Å². The number of para-hydroxylation sites is 2. The van der Waals surface area contributed by atoms with Gasteiger partial charge in [0.2, 0.25) is 0 Å². The summed E-state index contributed by atoms with van der Waals surface area (Å²) in [5.41, 5.74) is 27.2. The molecule has 6 nitrogen and oxygen atoms in total. The molecule has 0 spiro atoms. The largest absolute Gasteiger partial charge is 0.353 e. The molecule has 0 unspecified atom stereocenters. The number of nitrogens with one attached hydrogen (secondary N) is 2. The molecule has 8 bridgehead atoms. The second-order valence-electron chi connectivity index (χ2n) is 34.8. The zero-order chi connectivity index (χ0) is 66.5. The van der Waals surface area contributed by atoms with Crippen LogP contribution < -0.4 is 0 Å². The SMILES string of the molecule is CC(C)(C)c1cc(-c2c3nc(c(-c4cc(C(C)(C)C)cc(C(C)(C)C)c4)c4[nH]c(c(-c5cc(C(C)(C)C)cc(C(C)(C)C)c5)c5nc(c(-c6cc(C(C)(C)C)cc(C(C)(C)C)c6)c6[nH]c2c2ccccc62)C=C5)c2nc5ccccc5nc42)C=C3)cc(C(C)(C)C)c1. The Bertz CT molecular complexity index is 4480. The summed E-state index contributed by atoms with van der Waals surface area (Å²) in [6.45, 7) is 55.8. The monoisotopic (exact) mass is 1210 g/mol. The maximum atomic E-state index is 6.10. The number of nitrogens with zero attached hydrogens (tertiary/aromatic N) is 4. The Hall–Kier alpha value is -8.22. The molecule has 0 saturated carbocycles. The summed E-state index contributed by atoms with van der Waals surface area (Å²) >= 11 is 0. The van der Waals surface area contributed by atoms with Crippen LogP contribution in [0, 0.1) is 0 Å². The highest BCUT2D eigenvalue weighted by molar-refractivity contribution is 6.18. The standard InChI is InChI=1S/C86H98N6/c1-79(2,3)53-37-49(38-54(45-53)80(4,5)6)69-65-33-35-67(87-65)71(51-41-57(83(13,14)15)47-58(42-51)84(16,17)18)75-77-78(90-64-32-28-27-31-63(64)89-77)76(92-75)72(52-43-59(85(19,20)21)48-60(44-52)86(22,23)24)68-36-34-66(88-68)70(74-62-30-26-25-29-61(62)73(69)91-74)50-39-55(81(7,8)9)46-56(40-50)82(10,11)12/h25-48,91-92H,1-24H3. The quantitative estimate of drug-likeness (QED) is 0.184. The van der Waals surface area contributed by atoms with Gasteiger partial charge in [-0.05, 0) is 147 Å². The summed E-state index contributed by atoms with van der Waals surface area (Å²) in [5.74, 6) is 0. The molecule has 0 saturated heterocycles. The minimum atomic E-state index is -0.183. The van der Waals surface area contributed by atoms with Gasteiger partial charge in [-0.25, -0.2) is 19.9 Å². The fourth-order valence-electron chi connectivity index (χ4n) is 13.0. The molecule has 10 aromatic rings. The summed E-state index contributed by atoms with van der Waals surface area (Å²) in [7, 11) is 0. The molecule has 0 radical (unpaired) electrons. The van der Waals surface area contributed by atoms with Crippen molar-refractivity contribution >= 4 is 79.2 Å². The zero-order valence-corrected chi connectivity index (χ0v) is 59.6. The van der Waals surface area contributed by atoms with E-state index in [4.69, 9.17) is 19.9 Å². The van der Waals surface area contributed by atoms with E-state index in [1.54, 1.807) is 0 Å². The molecular weight excluding hydrogens is 1120 g/mol. The van der Waals surface area contributed by atoms with Gasteiger partial charge in [-0.2, -0.15) is 0 Å². The lowest BCUT2D eigenvalue weighted by Crippen LogP contribution is -2.16. The van der Waals surface area contributed by atoms with Gasteiger partial charge in [0.1, 0.15) is 11.0 Å². The van der Waals surface area contributed by atoms with Gasteiger partial charge < -0.3 is 9.97 Å². The highest BCUT2D eigenvalue weighted by Crippen LogP contribution is 2.48. The van der Waals surface area contributed by atoms with Gasteiger partial charge in [-0.1, -0.05) is 275 Å². The molecule has 2 aliphatic heterocycles. The molecule has 472 valence electrons. The van der Waals surface area contributed by atoms with Crippen molar-refractivity contribution in [3.05, 3.63) is 189 Å². The van der Waals surface area contributed by atoms with Gasteiger partial charge >= 0.3 is 0 Å². The highest BCUT2D eigenvalue weighted by atomic mass is 14.9. The Morgan fingerprint density at radius 3 is 0.674 bits per heavy atom. The van der Waals surface area contributed by atoms with Crippen molar-refractivity contribution in [2.24, 2.45) is 0 Å². The third-order valence-corrected chi connectivity index (χ3v) is 19.1. The fraction of sp³-hybridized carbons (Fsp3) is 0.372. The first-order valence-corrected chi connectivity index (χ1v) is 33.4. The zero-order valence-electron chi connectivity index (χ0n) is 59.6. The molecule has 6 heteroatoms. The number of aromatic amines is 2. The maximum Gasteiger partial charge on any atom is 0.116 e. The first-order valence-electron chi connectivity index (χ1n) is 33.4. The van der Waals surface area contributed by atoms with Gasteiger partial charge in [0.15, 0.2) is 0 Å². The van der Waals surface area contributed by atoms with Crippen LogP contribution in [0.2, 0.25) is 0 Å². The third kappa shape index (κ3) is 11.9. The maximum absolute atomic E-state index is 6.10. The van der Waals surface area contributed by atoms with Gasteiger partial charge in [0.25, 0.3) is 0 Å². The van der Waals surface area contributed by atoms with E-state index in [-0.39, 0.29) is 43.3 Å². The van der Waals surface area contributed by atoms with Crippen LogP contribution in [0.25, 0.3) is 124 Å². The summed E-state index contributed by atoms with van der Waals surface area (Å²) in [4.78, 5) is 32.3. The second-order valence-corrected chi connectivity index (χ2v) is 34.8. The smallest absolute Gasteiger partial charge is 0.116 e. The Kier molecular flexibility index (Phi) is 15.1. The lowest BCUT2D eigenvalue weighted by atomic mass is 9.78. The van der Waals surface area contributed by atoms with Crippen LogP contribution in [0.1, 0.15) is 233 Å². The van der Waals surface area contributed by atoms with E-state index in [0.717, 1.165) is 122 Å². The molecule has 6 aromatic carbocycles. The lowest BCUT2D eigenvalue weighted by molar-refractivity contribution is 0.568. The molecule has 0 fully saturated rings. The van der Waals surface area contributed by atoms with Crippen LogP contribution in [0.15, 0.2) is 121 Å².